The summed E-state index contributed by atoms with van der Waals surface area (Å²) in [6.45, 7) is 9.79. The average Bonchev–Trinajstić information content (AvgIpc) is 2.70. The Morgan fingerprint density at radius 1 is 0.833 bits per heavy atom. The molecule has 2 atom stereocenters. The third-order valence-corrected chi connectivity index (χ3v) is 4.49. The minimum Gasteiger partial charge on any atom is -0.460 e. The number of aliphatic hydroxyl groups excluding tert-OH is 2. The Morgan fingerprint density at radius 2 is 1.20 bits per heavy atom. The van der Waals surface area contributed by atoms with Crippen LogP contribution in [0.1, 0.15) is 25.0 Å². The molecule has 0 heterocycles. The van der Waals surface area contributed by atoms with E-state index in [2.05, 4.69) is 13.2 Å². The molecule has 0 amide bonds. The lowest BCUT2D eigenvalue weighted by atomic mass is 9.93. The van der Waals surface area contributed by atoms with Crippen molar-refractivity contribution in [1.29, 1.82) is 0 Å². The first-order valence-electron chi connectivity index (χ1n) is 9.69. The molecule has 0 bridgehead atoms. The second-order valence-corrected chi connectivity index (χ2v) is 7.44. The van der Waals surface area contributed by atoms with Gasteiger partial charge in [0, 0.05) is 24.0 Å². The number of hydrogen-bond acceptors (Lipinski definition) is 6. The number of carbonyl (C=O) groups is 2. The van der Waals surface area contributed by atoms with Gasteiger partial charge in [0.1, 0.15) is 13.2 Å². The number of carbonyl (C=O) groups excluding carboxylic acids is 2. The van der Waals surface area contributed by atoms with Gasteiger partial charge in [-0.3, -0.25) is 0 Å². The van der Waals surface area contributed by atoms with Crippen molar-refractivity contribution in [2.24, 2.45) is 0 Å². The summed E-state index contributed by atoms with van der Waals surface area (Å²) in [7, 11) is 0. The van der Waals surface area contributed by atoms with Gasteiger partial charge in [0.2, 0.25) is 0 Å². The van der Waals surface area contributed by atoms with E-state index in [1.54, 1.807) is 0 Å². The topological polar surface area (TPSA) is 93.1 Å². The molecular weight excluding hydrogens is 384 g/mol. The highest BCUT2D eigenvalue weighted by Gasteiger charge is 2.17. The molecule has 160 valence electrons. The summed E-state index contributed by atoms with van der Waals surface area (Å²) in [5.74, 6) is -1.11. The van der Waals surface area contributed by atoms with Crippen LogP contribution in [0.5, 0.6) is 0 Å². The van der Waals surface area contributed by atoms with Gasteiger partial charge in [-0.1, -0.05) is 49.6 Å². The van der Waals surface area contributed by atoms with E-state index >= 15 is 0 Å². The van der Waals surface area contributed by atoms with Gasteiger partial charge in [-0.2, -0.15) is 0 Å². The van der Waals surface area contributed by atoms with Gasteiger partial charge in [-0.25, -0.2) is 9.59 Å². The van der Waals surface area contributed by atoms with E-state index in [0.29, 0.717) is 0 Å². The summed E-state index contributed by atoms with van der Waals surface area (Å²) in [5.41, 5.74) is 2.16. The highest BCUT2D eigenvalue weighted by molar-refractivity contribution is 5.87. The molecule has 0 aromatic heterocycles. The van der Waals surface area contributed by atoms with E-state index in [-0.39, 0.29) is 37.2 Å². The minimum atomic E-state index is -0.911. The van der Waals surface area contributed by atoms with Gasteiger partial charge in [-0.15, -0.1) is 0 Å². The van der Waals surface area contributed by atoms with Crippen LogP contribution in [-0.2, 0) is 31.9 Å². The zero-order valence-electron chi connectivity index (χ0n) is 17.4. The van der Waals surface area contributed by atoms with Gasteiger partial charge in [0.15, 0.2) is 0 Å². The molecule has 2 aromatic carbocycles. The molecule has 0 saturated heterocycles. The predicted molar refractivity (Wildman–Crippen MR) is 115 cm³/mol. The molecule has 0 fully saturated rings. The lowest BCUT2D eigenvalue weighted by molar-refractivity contribution is -0.142. The van der Waals surface area contributed by atoms with Gasteiger partial charge in [-0.05, 0) is 35.7 Å². The van der Waals surface area contributed by atoms with Crippen molar-refractivity contribution in [1.82, 2.24) is 0 Å². The van der Waals surface area contributed by atoms with E-state index in [1.807, 2.05) is 36.4 Å². The fraction of sp³-hybridized carbons (Fsp3) is 0.333. The molecular formula is C24H28O6. The van der Waals surface area contributed by atoms with E-state index in [4.69, 9.17) is 9.47 Å². The minimum absolute atomic E-state index is 0.156. The lowest BCUT2D eigenvalue weighted by Crippen LogP contribution is -2.24. The van der Waals surface area contributed by atoms with E-state index < -0.39 is 24.1 Å². The summed E-state index contributed by atoms with van der Waals surface area (Å²) >= 11 is 0. The average molecular weight is 412 g/mol. The number of esters is 2. The zero-order valence-corrected chi connectivity index (χ0v) is 17.4. The van der Waals surface area contributed by atoms with Crippen molar-refractivity contribution in [3.05, 3.63) is 71.8 Å². The highest BCUT2D eigenvalue weighted by Crippen LogP contribution is 2.23. The third kappa shape index (κ3) is 6.83. The van der Waals surface area contributed by atoms with Crippen molar-refractivity contribution in [3.8, 4) is 0 Å². The monoisotopic (exact) mass is 412 g/mol. The smallest absolute Gasteiger partial charge is 0.333 e. The first-order chi connectivity index (χ1) is 14.2. The summed E-state index contributed by atoms with van der Waals surface area (Å²) < 4.78 is 10.1. The molecule has 2 rings (SSSR count). The maximum atomic E-state index is 11.5. The lowest BCUT2D eigenvalue weighted by Gasteiger charge is -2.18. The molecule has 0 saturated carbocycles. The molecule has 2 unspecified atom stereocenters. The standard InChI is InChI=1S/C24H28O6/c1-15(2)23(27)29-13-21(25)11-19-9-17-7-5-6-8-18(17)10-20(19)12-22(26)14-30-24(28)16(3)4/h5-10,21-22,25-26H,1,3,11-14H2,2,4H3. The van der Waals surface area contributed by atoms with Crippen molar-refractivity contribution < 1.29 is 29.3 Å². The molecule has 2 aromatic rings. The number of ether oxygens (including phenoxy) is 2. The molecule has 6 nitrogen and oxygen atoms in total. The predicted octanol–water partition coefficient (Wildman–Crippen LogP) is 2.89. The molecule has 0 spiro atoms. The second-order valence-electron chi connectivity index (χ2n) is 7.44. The van der Waals surface area contributed by atoms with Crippen LogP contribution in [0.15, 0.2) is 60.7 Å². The van der Waals surface area contributed by atoms with Gasteiger partial charge < -0.3 is 19.7 Å². The number of fused-ring (bicyclic) bond motifs is 1. The van der Waals surface area contributed by atoms with Crippen LogP contribution in [0, 0.1) is 0 Å². The summed E-state index contributed by atoms with van der Waals surface area (Å²) in [6.07, 6.45) is -1.35. The summed E-state index contributed by atoms with van der Waals surface area (Å²) in [6, 6.07) is 11.6. The van der Waals surface area contributed by atoms with Crippen LogP contribution in [0.4, 0.5) is 0 Å². The molecule has 30 heavy (non-hydrogen) atoms. The molecule has 0 aliphatic rings. The van der Waals surface area contributed by atoms with Crippen molar-refractivity contribution in [2.75, 3.05) is 13.2 Å². The van der Waals surface area contributed by atoms with Gasteiger partial charge in [0.05, 0.1) is 12.2 Å². The highest BCUT2D eigenvalue weighted by atomic mass is 16.5. The van der Waals surface area contributed by atoms with Crippen LogP contribution in [-0.4, -0.2) is 47.6 Å². The quantitative estimate of drug-likeness (QED) is 0.460. The van der Waals surface area contributed by atoms with E-state index in [0.717, 1.165) is 21.9 Å². The molecule has 6 heteroatoms. The Balaban J connectivity index is 2.15. The number of rotatable bonds is 10. The van der Waals surface area contributed by atoms with Crippen molar-refractivity contribution in [2.45, 2.75) is 38.9 Å². The Labute approximate surface area is 176 Å². The van der Waals surface area contributed by atoms with Crippen LogP contribution in [0.2, 0.25) is 0 Å². The fourth-order valence-corrected chi connectivity index (χ4v) is 2.93. The van der Waals surface area contributed by atoms with E-state index in [9.17, 15) is 19.8 Å². The number of hydrogen-bond donors (Lipinski definition) is 2. The Morgan fingerprint density at radius 3 is 1.53 bits per heavy atom. The molecule has 2 N–H and O–H groups in total. The summed E-state index contributed by atoms with van der Waals surface area (Å²) in [5, 5.41) is 22.7. The fourth-order valence-electron chi connectivity index (χ4n) is 2.93. The second kappa shape index (κ2) is 10.7. The van der Waals surface area contributed by atoms with Crippen LogP contribution in [0.3, 0.4) is 0 Å². The largest absolute Gasteiger partial charge is 0.460 e. The van der Waals surface area contributed by atoms with Gasteiger partial charge >= 0.3 is 11.9 Å². The third-order valence-electron chi connectivity index (χ3n) is 4.49. The molecule has 0 aliphatic heterocycles. The summed E-state index contributed by atoms with van der Waals surface area (Å²) in [4.78, 5) is 23.1. The Bertz CT molecular complexity index is 869. The zero-order chi connectivity index (χ0) is 22.3. The van der Waals surface area contributed by atoms with Crippen molar-refractivity contribution in [3.63, 3.8) is 0 Å². The first-order valence-corrected chi connectivity index (χ1v) is 9.69. The van der Waals surface area contributed by atoms with Crippen molar-refractivity contribution >= 4 is 22.7 Å². The maximum absolute atomic E-state index is 11.5. The van der Waals surface area contributed by atoms with E-state index in [1.165, 1.54) is 13.8 Å². The van der Waals surface area contributed by atoms with Gasteiger partial charge in [0.25, 0.3) is 0 Å². The van der Waals surface area contributed by atoms with Crippen LogP contribution >= 0.6 is 0 Å². The Hall–Kier alpha value is -2.96. The number of aliphatic hydroxyl groups is 2. The maximum Gasteiger partial charge on any atom is 0.333 e. The SMILES string of the molecule is C=C(C)C(=O)OCC(O)Cc1cc2ccccc2cc1CC(O)COC(=O)C(=C)C. The molecule has 0 radical (unpaired) electrons. The normalized spacial score (nSPS) is 12.8. The Kier molecular flexibility index (Phi) is 8.33. The first kappa shape index (κ1) is 23.3. The van der Waals surface area contributed by atoms with Crippen LogP contribution in [0.25, 0.3) is 10.8 Å². The molecule has 0 aliphatic carbocycles. The van der Waals surface area contributed by atoms with Crippen LogP contribution < -0.4 is 0 Å². The number of benzene rings is 2.